The van der Waals surface area contributed by atoms with E-state index in [0.29, 0.717) is 17.5 Å². The van der Waals surface area contributed by atoms with Crippen LogP contribution in [-0.2, 0) is 10.8 Å². The number of fused-ring (bicyclic) bond motifs is 13. The minimum absolute atomic E-state index is 0.404. The van der Waals surface area contributed by atoms with Crippen LogP contribution >= 0.6 is 0 Å². The Hall–Kier alpha value is -7.43. The summed E-state index contributed by atoms with van der Waals surface area (Å²) in [7, 11) is 0. The van der Waals surface area contributed by atoms with Gasteiger partial charge in [0.05, 0.1) is 5.41 Å². The molecule has 0 saturated carbocycles. The Morgan fingerprint density at radius 2 is 0.898 bits per heavy atom. The summed E-state index contributed by atoms with van der Waals surface area (Å²) in [5.74, 6) is 3.72. The van der Waals surface area contributed by atoms with Gasteiger partial charge >= 0.3 is 0 Å². The van der Waals surface area contributed by atoms with Gasteiger partial charge in [0, 0.05) is 38.8 Å². The van der Waals surface area contributed by atoms with Crippen molar-refractivity contribution >= 4 is 0 Å². The maximum Gasteiger partial charge on any atom is 0.164 e. The third-order valence-corrected chi connectivity index (χ3v) is 12.8. The standard InChI is InChI=1S/C55H37N3O/c1-54(2)45-29-16-25-41(53-57-51(35-19-7-4-8-20-35)56-52(58-53)37-22-15-21-36(33-37)34-17-5-3-6-18-34)48(45)40-31-32-46-50(49(40)54)59-47-30-14-13-28-44(47)55(46)42-26-11-9-23-38(42)39-24-10-12-27-43(39)55/h3-33H,1-2H3. The zero-order valence-electron chi connectivity index (χ0n) is 32.6. The second kappa shape index (κ2) is 12.5. The molecule has 2 aliphatic carbocycles. The number of aromatic nitrogens is 3. The molecule has 0 amide bonds. The van der Waals surface area contributed by atoms with Crippen LogP contribution < -0.4 is 4.74 Å². The Morgan fingerprint density at radius 1 is 0.373 bits per heavy atom. The summed E-state index contributed by atoms with van der Waals surface area (Å²) in [4.78, 5) is 15.7. The van der Waals surface area contributed by atoms with E-state index >= 15 is 0 Å². The monoisotopic (exact) mass is 755 g/mol. The Bertz CT molecular complexity index is 3120. The maximum absolute atomic E-state index is 7.21. The van der Waals surface area contributed by atoms with Crippen molar-refractivity contribution in [2.75, 3.05) is 0 Å². The lowest BCUT2D eigenvalue weighted by atomic mass is 9.65. The van der Waals surface area contributed by atoms with E-state index in [1.807, 2.05) is 24.3 Å². The number of para-hydroxylation sites is 1. The van der Waals surface area contributed by atoms with Crippen LogP contribution in [0.25, 0.3) is 67.5 Å². The minimum atomic E-state index is -0.540. The lowest BCUT2D eigenvalue weighted by molar-refractivity contribution is 0.422. The van der Waals surface area contributed by atoms with E-state index < -0.39 is 10.8 Å². The van der Waals surface area contributed by atoms with E-state index in [2.05, 4.69) is 178 Å². The van der Waals surface area contributed by atoms with Gasteiger partial charge in [-0.3, -0.25) is 0 Å². The van der Waals surface area contributed by atoms with E-state index in [4.69, 9.17) is 19.7 Å². The van der Waals surface area contributed by atoms with Gasteiger partial charge in [-0.1, -0.05) is 190 Å². The number of ether oxygens (including phenoxy) is 1. The number of benzene rings is 8. The van der Waals surface area contributed by atoms with Gasteiger partial charge in [-0.2, -0.15) is 0 Å². The summed E-state index contributed by atoms with van der Waals surface area (Å²) in [6.45, 7) is 4.66. The van der Waals surface area contributed by atoms with Crippen molar-refractivity contribution in [2.24, 2.45) is 0 Å². The second-order valence-electron chi connectivity index (χ2n) is 16.3. The summed E-state index contributed by atoms with van der Waals surface area (Å²) >= 11 is 0. The zero-order chi connectivity index (χ0) is 39.3. The Morgan fingerprint density at radius 3 is 1.63 bits per heavy atom. The molecular weight excluding hydrogens is 719 g/mol. The van der Waals surface area contributed by atoms with E-state index in [1.54, 1.807) is 0 Å². The predicted molar refractivity (Wildman–Crippen MR) is 237 cm³/mol. The predicted octanol–water partition coefficient (Wildman–Crippen LogP) is 13.3. The molecule has 59 heavy (non-hydrogen) atoms. The fourth-order valence-corrected chi connectivity index (χ4v) is 10.2. The molecule has 1 aromatic heterocycles. The summed E-state index contributed by atoms with van der Waals surface area (Å²) in [6, 6.07) is 66.8. The molecule has 0 N–H and O–H groups in total. The van der Waals surface area contributed by atoms with E-state index in [-0.39, 0.29) is 0 Å². The first-order valence-electron chi connectivity index (χ1n) is 20.3. The van der Waals surface area contributed by atoms with Crippen molar-refractivity contribution in [3.63, 3.8) is 0 Å². The fraction of sp³-hybridized carbons (Fsp3) is 0.0727. The molecule has 9 aromatic rings. The SMILES string of the molecule is CC1(C)c2cccc(-c3nc(-c4ccccc4)nc(-c4cccc(-c5ccccc5)c4)n3)c2-c2ccc3c(c21)Oc1ccccc1C31c2ccccc2-c2ccccc21. The number of hydrogen-bond acceptors (Lipinski definition) is 4. The molecule has 8 aromatic carbocycles. The van der Waals surface area contributed by atoms with Crippen LogP contribution in [-0.4, -0.2) is 15.0 Å². The molecule has 0 bridgehead atoms. The van der Waals surface area contributed by atoms with Gasteiger partial charge in [0.1, 0.15) is 11.5 Å². The Kier molecular flexibility index (Phi) is 7.16. The highest BCUT2D eigenvalue weighted by atomic mass is 16.5. The van der Waals surface area contributed by atoms with E-state index in [9.17, 15) is 0 Å². The molecule has 0 fully saturated rings. The minimum Gasteiger partial charge on any atom is -0.456 e. The Balaban J connectivity index is 1.09. The van der Waals surface area contributed by atoms with Gasteiger partial charge in [-0.25, -0.2) is 15.0 Å². The lowest BCUT2D eigenvalue weighted by Crippen LogP contribution is -2.33. The topological polar surface area (TPSA) is 47.9 Å². The van der Waals surface area contributed by atoms with Crippen molar-refractivity contribution in [1.29, 1.82) is 0 Å². The van der Waals surface area contributed by atoms with Gasteiger partial charge in [-0.15, -0.1) is 0 Å². The van der Waals surface area contributed by atoms with Crippen molar-refractivity contribution in [1.82, 2.24) is 15.0 Å². The molecule has 4 heteroatoms. The summed E-state index contributed by atoms with van der Waals surface area (Å²) in [5, 5.41) is 0. The van der Waals surface area contributed by atoms with Crippen LogP contribution in [0.5, 0.6) is 11.5 Å². The Labute approximate surface area is 343 Å². The van der Waals surface area contributed by atoms with Crippen LogP contribution in [0.3, 0.4) is 0 Å². The van der Waals surface area contributed by atoms with Gasteiger partial charge in [0.15, 0.2) is 17.5 Å². The second-order valence-corrected chi connectivity index (χ2v) is 16.3. The van der Waals surface area contributed by atoms with Crippen molar-refractivity contribution in [2.45, 2.75) is 24.7 Å². The average Bonchev–Trinajstić information content (AvgIpc) is 3.73. The van der Waals surface area contributed by atoms with E-state index in [0.717, 1.165) is 50.4 Å². The molecular formula is C55H37N3O. The van der Waals surface area contributed by atoms with Crippen molar-refractivity contribution < 1.29 is 4.74 Å². The highest BCUT2D eigenvalue weighted by molar-refractivity contribution is 5.96. The molecule has 1 aliphatic heterocycles. The van der Waals surface area contributed by atoms with Gasteiger partial charge in [-0.05, 0) is 62.2 Å². The number of rotatable bonds is 4. The average molecular weight is 756 g/mol. The molecule has 1 spiro atoms. The fourth-order valence-electron chi connectivity index (χ4n) is 10.2. The summed E-state index contributed by atoms with van der Waals surface area (Å²) in [6.07, 6.45) is 0. The normalized spacial score (nSPS) is 14.3. The molecule has 0 saturated heterocycles. The number of nitrogens with zero attached hydrogens (tertiary/aromatic N) is 3. The largest absolute Gasteiger partial charge is 0.456 e. The molecule has 12 rings (SSSR count). The molecule has 278 valence electrons. The summed E-state index contributed by atoms with van der Waals surface area (Å²) < 4.78 is 7.21. The molecule has 0 radical (unpaired) electrons. The summed E-state index contributed by atoms with van der Waals surface area (Å²) in [5.41, 5.74) is 16.3. The first kappa shape index (κ1) is 33.7. The maximum atomic E-state index is 7.21. The molecule has 4 nitrogen and oxygen atoms in total. The molecule has 2 heterocycles. The molecule has 0 unspecified atom stereocenters. The zero-order valence-corrected chi connectivity index (χ0v) is 32.6. The lowest BCUT2D eigenvalue weighted by Gasteiger charge is -2.41. The van der Waals surface area contributed by atoms with Crippen LogP contribution in [0.15, 0.2) is 188 Å². The molecule has 0 atom stereocenters. The number of hydrogen-bond donors (Lipinski definition) is 0. The van der Waals surface area contributed by atoms with Gasteiger partial charge in [0.25, 0.3) is 0 Å². The first-order valence-corrected chi connectivity index (χ1v) is 20.3. The van der Waals surface area contributed by atoms with Gasteiger partial charge in [0.2, 0.25) is 0 Å². The van der Waals surface area contributed by atoms with Crippen LogP contribution in [0.2, 0.25) is 0 Å². The van der Waals surface area contributed by atoms with Crippen LogP contribution in [0.1, 0.15) is 47.2 Å². The van der Waals surface area contributed by atoms with Crippen molar-refractivity contribution in [3.05, 3.63) is 221 Å². The van der Waals surface area contributed by atoms with Gasteiger partial charge < -0.3 is 4.74 Å². The third-order valence-electron chi connectivity index (χ3n) is 12.8. The van der Waals surface area contributed by atoms with Crippen LogP contribution in [0.4, 0.5) is 0 Å². The quantitative estimate of drug-likeness (QED) is 0.179. The highest BCUT2D eigenvalue weighted by Crippen LogP contribution is 2.66. The van der Waals surface area contributed by atoms with Crippen LogP contribution in [0, 0.1) is 0 Å². The van der Waals surface area contributed by atoms with Crippen molar-refractivity contribution in [3.8, 4) is 79.0 Å². The highest BCUT2D eigenvalue weighted by Gasteiger charge is 2.53. The first-order chi connectivity index (χ1) is 29.0. The third kappa shape index (κ3) is 4.74. The molecule has 3 aliphatic rings. The smallest absolute Gasteiger partial charge is 0.164 e. The van der Waals surface area contributed by atoms with E-state index in [1.165, 1.54) is 44.5 Å².